The predicted octanol–water partition coefficient (Wildman–Crippen LogP) is 3.96. The molecule has 0 atom stereocenters. The largest absolute Gasteiger partial charge is 0.210 e. The van der Waals surface area contributed by atoms with Crippen LogP contribution in [0.2, 0.25) is 0 Å². The van der Waals surface area contributed by atoms with Crippen molar-refractivity contribution in [3.63, 3.8) is 0 Å². The molecule has 0 spiro atoms. The van der Waals surface area contributed by atoms with Gasteiger partial charge in [-0.3, -0.25) is 0 Å². The Morgan fingerprint density at radius 2 is 1.81 bits per heavy atom. The molecule has 3 aromatic rings. The van der Waals surface area contributed by atoms with Crippen LogP contribution in [0.25, 0.3) is 21.3 Å². The van der Waals surface area contributed by atoms with Crippen LogP contribution in [-0.4, -0.2) is 9.36 Å². The topological polar surface area (TPSA) is 25.8 Å². The molecule has 16 heavy (non-hydrogen) atoms. The maximum Gasteiger partial charge on any atom is 0.203 e. The first-order valence-electron chi connectivity index (χ1n) is 4.82. The highest BCUT2D eigenvalue weighted by atomic mass is 127. The van der Waals surface area contributed by atoms with E-state index in [1.165, 1.54) is 27.9 Å². The van der Waals surface area contributed by atoms with Gasteiger partial charge in [-0.15, -0.1) is 0 Å². The number of hydrogen-bond donors (Lipinski definition) is 0. The Balaban J connectivity index is 2.31. The molecule has 78 valence electrons. The van der Waals surface area contributed by atoms with E-state index in [9.17, 15) is 0 Å². The van der Waals surface area contributed by atoms with Crippen LogP contribution in [0.3, 0.4) is 0 Å². The van der Waals surface area contributed by atoms with Crippen LogP contribution in [0.5, 0.6) is 0 Å². The van der Waals surface area contributed by atoms with Crippen molar-refractivity contribution in [3.05, 3.63) is 46.3 Å². The highest BCUT2D eigenvalue weighted by Crippen LogP contribution is 2.29. The zero-order valence-corrected chi connectivity index (χ0v) is 11.2. The van der Waals surface area contributed by atoms with Crippen LogP contribution < -0.4 is 0 Å². The average Bonchev–Trinajstić information content (AvgIpc) is 2.75. The quantitative estimate of drug-likeness (QED) is 0.628. The van der Waals surface area contributed by atoms with E-state index in [4.69, 9.17) is 0 Å². The lowest BCUT2D eigenvalue weighted by atomic mass is 10.1. The molecule has 2 aromatic carbocycles. The van der Waals surface area contributed by atoms with E-state index in [-0.39, 0.29) is 0 Å². The Morgan fingerprint density at radius 1 is 1.00 bits per heavy atom. The van der Waals surface area contributed by atoms with Crippen LogP contribution in [0, 0.1) is 3.83 Å². The molecule has 4 heteroatoms. The average molecular weight is 338 g/mol. The molecule has 0 saturated heterocycles. The van der Waals surface area contributed by atoms with Crippen molar-refractivity contribution in [2.75, 3.05) is 0 Å². The SMILES string of the molecule is Ic1nsc(-c2cccc3ccccc23)n1. The zero-order valence-electron chi connectivity index (χ0n) is 8.22. The van der Waals surface area contributed by atoms with Crippen LogP contribution >= 0.6 is 34.1 Å². The van der Waals surface area contributed by atoms with Gasteiger partial charge in [-0.2, -0.15) is 4.37 Å². The molecule has 0 amide bonds. The number of hydrogen-bond acceptors (Lipinski definition) is 3. The van der Waals surface area contributed by atoms with Gasteiger partial charge in [0, 0.05) is 28.2 Å². The summed E-state index contributed by atoms with van der Waals surface area (Å²) in [6.07, 6.45) is 0. The maximum absolute atomic E-state index is 4.43. The molecule has 0 fully saturated rings. The first-order chi connectivity index (χ1) is 7.84. The second kappa shape index (κ2) is 4.10. The summed E-state index contributed by atoms with van der Waals surface area (Å²) in [5, 5.41) is 3.46. The van der Waals surface area contributed by atoms with E-state index in [0.29, 0.717) is 0 Å². The standard InChI is InChI=1S/C12H7IN2S/c13-12-14-11(16-15-12)10-7-3-5-8-4-1-2-6-9(8)10/h1-7H. The van der Waals surface area contributed by atoms with Gasteiger partial charge in [0.25, 0.3) is 0 Å². The fourth-order valence-electron chi connectivity index (χ4n) is 1.73. The van der Waals surface area contributed by atoms with Crippen molar-refractivity contribution in [3.8, 4) is 10.6 Å². The molecule has 0 aliphatic carbocycles. The summed E-state index contributed by atoms with van der Waals surface area (Å²) in [7, 11) is 0. The van der Waals surface area contributed by atoms with E-state index in [1.54, 1.807) is 0 Å². The highest BCUT2D eigenvalue weighted by molar-refractivity contribution is 14.1. The van der Waals surface area contributed by atoms with Crippen LogP contribution in [0.4, 0.5) is 0 Å². The second-order valence-corrected chi connectivity index (χ2v) is 5.11. The molecule has 0 aliphatic heterocycles. The van der Waals surface area contributed by atoms with Crippen LogP contribution in [-0.2, 0) is 0 Å². The van der Waals surface area contributed by atoms with Crippen molar-refractivity contribution in [1.82, 2.24) is 9.36 Å². The van der Waals surface area contributed by atoms with Crippen molar-refractivity contribution < 1.29 is 0 Å². The lowest BCUT2D eigenvalue weighted by Crippen LogP contribution is -1.80. The summed E-state index contributed by atoms with van der Waals surface area (Å²) < 4.78 is 5.03. The van der Waals surface area contributed by atoms with Gasteiger partial charge >= 0.3 is 0 Å². The minimum Gasteiger partial charge on any atom is -0.210 e. The lowest BCUT2D eigenvalue weighted by Gasteiger charge is -2.02. The number of halogens is 1. The Bertz CT molecular complexity index is 643. The number of nitrogens with zero attached hydrogens (tertiary/aromatic N) is 2. The molecule has 0 unspecified atom stereocenters. The molecule has 0 aliphatic rings. The molecule has 1 heterocycles. The van der Waals surface area contributed by atoms with E-state index < -0.39 is 0 Å². The Morgan fingerprint density at radius 3 is 2.62 bits per heavy atom. The summed E-state index contributed by atoms with van der Waals surface area (Å²) in [5.41, 5.74) is 1.17. The van der Waals surface area contributed by atoms with Crippen molar-refractivity contribution in [2.24, 2.45) is 0 Å². The van der Waals surface area contributed by atoms with Gasteiger partial charge in [0.1, 0.15) is 5.01 Å². The minimum absolute atomic E-state index is 0.811. The minimum atomic E-state index is 0.811. The molecule has 0 radical (unpaired) electrons. The third-order valence-corrected chi connectivity index (χ3v) is 3.98. The fraction of sp³-hybridized carbons (Fsp3) is 0. The second-order valence-electron chi connectivity index (χ2n) is 3.40. The molecule has 1 aromatic heterocycles. The molecule has 0 N–H and O–H groups in total. The van der Waals surface area contributed by atoms with Crippen molar-refractivity contribution in [2.45, 2.75) is 0 Å². The number of benzene rings is 2. The highest BCUT2D eigenvalue weighted by Gasteiger charge is 2.07. The lowest BCUT2D eigenvalue weighted by molar-refractivity contribution is 1.25. The van der Waals surface area contributed by atoms with Crippen LogP contribution in [0.1, 0.15) is 0 Å². The monoisotopic (exact) mass is 338 g/mol. The third kappa shape index (κ3) is 1.72. The predicted molar refractivity (Wildman–Crippen MR) is 75.6 cm³/mol. The van der Waals surface area contributed by atoms with Gasteiger partial charge < -0.3 is 0 Å². The van der Waals surface area contributed by atoms with Gasteiger partial charge in [0.2, 0.25) is 3.83 Å². The zero-order chi connectivity index (χ0) is 11.0. The van der Waals surface area contributed by atoms with Gasteiger partial charge in [-0.25, -0.2) is 4.98 Å². The van der Waals surface area contributed by atoms with Gasteiger partial charge in [-0.1, -0.05) is 42.5 Å². The van der Waals surface area contributed by atoms with E-state index >= 15 is 0 Å². The number of rotatable bonds is 1. The molecular weight excluding hydrogens is 331 g/mol. The summed E-state index contributed by atoms with van der Waals surface area (Å²) in [4.78, 5) is 4.43. The summed E-state index contributed by atoms with van der Waals surface area (Å²) >= 11 is 3.59. The Hall–Kier alpha value is -1.01. The first kappa shape index (κ1) is 10.2. The molecule has 3 rings (SSSR count). The van der Waals surface area contributed by atoms with Gasteiger partial charge in [-0.05, 0) is 22.3 Å². The third-order valence-electron chi connectivity index (χ3n) is 2.42. The van der Waals surface area contributed by atoms with Gasteiger partial charge in [0.05, 0.1) is 0 Å². The molecular formula is C12H7IN2S. The maximum atomic E-state index is 4.43. The number of fused-ring (bicyclic) bond motifs is 1. The molecule has 0 saturated carbocycles. The van der Waals surface area contributed by atoms with E-state index in [2.05, 4.69) is 74.4 Å². The summed E-state index contributed by atoms with van der Waals surface area (Å²) in [6.45, 7) is 0. The summed E-state index contributed by atoms with van der Waals surface area (Å²) in [6, 6.07) is 14.6. The van der Waals surface area contributed by atoms with E-state index in [0.717, 1.165) is 8.84 Å². The Labute approximate surface area is 111 Å². The summed E-state index contributed by atoms with van der Waals surface area (Å²) in [5.74, 6) is 0. The fourth-order valence-corrected chi connectivity index (χ4v) is 3.03. The Kier molecular flexibility index (Phi) is 2.61. The normalized spacial score (nSPS) is 10.8. The van der Waals surface area contributed by atoms with Crippen molar-refractivity contribution >= 4 is 44.9 Å². The van der Waals surface area contributed by atoms with Crippen molar-refractivity contribution in [1.29, 1.82) is 0 Å². The van der Waals surface area contributed by atoms with E-state index in [1.807, 2.05) is 0 Å². The van der Waals surface area contributed by atoms with Gasteiger partial charge in [0.15, 0.2) is 0 Å². The molecule has 0 bridgehead atoms. The number of aromatic nitrogens is 2. The smallest absolute Gasteiger partial charge is 0.203 e. The first-order valence-corrected chi connectivity index (χ1v) is 6.67. The van der Waals surface area contributed by atoms with Crippen LogP contribution in [0.15, 0.2) is 42.5 Å². The molecule has 2 nitrogen and oxygen atoms in total.